The summed E-state index contributed by atoms with van der Waals surface area (Å²) in [7, 11) is 2.86. The lowest BCUT2D eigenvalue weighted by Crippen LogP contribution is -2.59. The summed E-state index contributed by atoms with van der Waals surface area (Å²) in [5.74, 6) is -1.35. The Kier molecular flexibility index (Phi) is 5.61. The fraction of sp³-hybridized carbons (Fsp3) is 0.846. The van der Waals surface area contributed by atoms with Gasteiger partial charge in [-0.15, -0.1) is 0 Å². The minimum absolute atomic E-state index is 0.357. The number of rotatable bonds is 4. The number of likely N-dealkylation sites (N-methyl/N-ethyl adjacent to an activating group) is 1. The molecule has 1 aliphatic carbocycles. The largest absolute Gasteiger partial charge is 0.406 e. The maximum absolute atomic E-state index is 12.6. The summed E-state index contributed by atoms with van der Waals surface area (Å²) in [5, 5.41) is 0. The van der Waals surface area contributed by atoms with Crippen molar-refractivity contribution < 1.29 is 22.8 Å². The van der Waals surface area contributed by atoms with Crippen LogP contribution < -0.4 is 5.73 Å². The molecule has 2 N–H and O–H groups in total. The Bertz CT molecular complexity index is 391. The third-order valence-electron chi connectivity index (χ3n) is 3.65. The van der Waals surface area contributed by atoms with Crippen molar-refractivity contribution in [1.29, 1.82) is 0 Å². The van der Waals surface area contributed by atoms with Crippen molar-refractivity contribution in [2.45, 2.75) is 43.8 Å². The number of nitrogens with two attached hydrogens (primary N) is 1. The first-order valence-corrected chi connectivity index (χ1v) is 6.90. The van der Waals surface area contributed by atoms with Crippen LogP contribution in [0.3, 0.4) is 0 Å². The highest BCUT2D eigenvalue weighted by Crippen LogP contribution is 2.29. The van der Waals surface area contributed by atoms with Gasteiger partial charge in [-0.05, 0) is 12.8 Å². The highest BCUT2D eigenvalue weighted by molar-refractivity contribution is 5.90. The average molecular weight is 309 g/mol. The molecule has 0 unspecified atom stereocenters. The highest BCUT2D eigenvalue weighted by atomic mass is 19.4. The van der Waals surface area contributed by atoms with Crippen molar-refractivity contribution in [2.24, 2.45) is 5.73 Å². The molecule has 0 aliphatic heterocycles. The first-order valence-electron chi connectivity index (χ1n) is 6.90. The second-order valence-corrected chi connectivity index (χ2v) is 5.78. The molecule has 0 heterocycles. The fourth-order valence-electron chi connectivity index (χ4n) is 2.43. The summed E-state index contributed by atoms with van der Waals surface area (Å²) in [6.45, 7) is -2.06. The minimum atomic E-state index is -4.56. The standard InChI is InChI=1S/C13H22F3N3O2/c1-18(2)10(20)8-19(9-13(14,15)16)11(21)12(17)6-4-3-5-7-12/h3-9,17H2,1-2H3. The number of carbonyl (C=O) groups is 2. The summed E-state index contributed by atoms with van der Waals surface area (Å²) in [6, 6.07) is 0. The third-order valence-corrected chi connectivity index (χ3v) is 3.65. The van der Waals surface area contributed by atoms with E-state index in [2.05, 4.69) is 0 Å². The van der Waals surface area contributed by atoms with Crippen molar-refractivity contribution in [3.8, 4) is 0 Å². The summed E-state index contributed by atoms with van der Waals surface area (Å²) < 4.78 is 37.9. The lowest BCUT2D eigenvalue weighted by molar-refractivity contribution is -0.167. The monoisotopic (exact) mass is 309 g/mol. The quantitative estimate of drug-likeness (QED) is 0.846. The summed E-state index contributed by atoms with van der Waals surface area (Å²) >= 11 is 0. The van der Waals surface area contributed by atoms with Crippen LogP contribution in [-0.4, -0.2) is 60.5 Å². The molecule has 1 aliphatic rings. The molecule has 1 fully saturated rings. The number of carbonyl (C=O) groups excluding carboxylic acids is 2. The normalized spacial score (nSPS) is 18.2. The predicted octanol–water partition coefficient (Wildman–Crippen LogP) is 1.13. The molecule has 0 atom stereocenters. The predicted molar refractivity (Wildman–Crippen MR) is 71.3 cm³/mol. The van der Waals surface area contributed by atoms with E-state index in [1.54, 1.807) is 0 Å². The molecule has 122 valence electrons. The SMILES string of the molecule is CN(C)C(=O)CN(CC(F)(F)F)C(=O)C1(N)CCCCC1. The van der Waals surface area contributed by atoms with Crippen molar-refractivity contribution in [2.75, 3.05) is 27.2 Å². The number of hydrogen-bond acceptors (Lipinski definition) is 3. The van der Waals surface area contributed by atoms with Gasteiger partial charge in [-0.3, -0.25) is 9.59 Å². The average Bonchev–Trinajstić information content (AvgIpc) is 2.36. The van der Waals surface area contributed by atoms with Gasteiger partial charge in [0.15, 0.2) is 0 Å². The molecule has 0 bridgehead atoms. The van der Waals surface area contributed by atoms with E-state index < -0.39 is 36.6 Å². The van der Waals surface area contributed by atoms with Crippen LogP contribution in [0.5, 0.6) is 0 Å². The van der Waals surface area contributed by atoms with E-state index in [4.69, 9.17) is 5.73 Å². The number of nitrogens with zero attached hydrogens (tertiary/aromatic N) is 2. The number of hydrogen-bond donors (Lipinski definition) is 1. The molecule has 1 rings (SSSR count). The van der Waals surface area contributed by atoms with Gasteiger partial charge >= 0.3 is 6.18 Å². The van der Waals surface area contributed by atoms with Crippen LogP contribution in [0, 0.1) is 0 Å². The molecule has 2 amide bonds. The molecule has 8 heteroatoms. The van der Waals surface area contributed by atoms with Crippen LogP contribution in [-0.2, 0) is 9.59 Å². The number of alkyl halides is 3. The number of amides is 2. The third kappa shape index (κ3) is 5.18. The smallest absolute Gasteiger partial charge is 0.347 e. The Hall–Kier alpha value is -1.31. The fourth-order valence-corrected chi connectivity index (χ4v) is 2.43. The van der Waals surface area contributed by atoms with E-state index in [0.29, 0.717) is 30.6 Å². The Morgan fingerprint density at radius 2 is 1.67 bits per heavy atom. The highest BCUT2D eigenvalue weighted by Gasteiger charge is 2.42. The summed E-state index contributed by atoms with van der Waals surface area (Å²) in [5.41, 5.74) is 4.71. The molecule has 5 nitrogen and oxygen atoms in total. The first-order chi connectivity index (χ1) is 9.55. The molecule has 0 radical (unpaired) electrons. The van der Waals surface area contributed by atoms with E-state index in [-0.39, 0.29) is 0 Å². The van der Waals surface area contributed by atoms with E-state index >= 15 is 0 Å². The van der Waals surface area contributed by atoms with Gasteiger partial charge in [-0.1, -0.05) is 19.3 Å². The van der Waals surface area contributed by atoms with Crippen LogP contribution in [0.1, 0.15) is 32.1 Å². The van der Waals surface area contributed by atoms with Gasteiger partial charge in [0, 0.05) is 14.1 Å². The molecule has 21 heavy (non-hydrogen) atoms. The molecule has 1 saturated carbocycles. The van der Waals surface area contributed by atoms with Gasteiger partial charge in [0.05, 0.1) is 5.54 Å². The molecular weight excluding hydrogens is 287 g/mol. The maximum atomic E-state index is 12.6. The van der Waals surface area contributed by atoms with Gasteiger partial charge < -0.3 is 15.5 Å². The molecule has 0 spiro atoms. The summed E-state index contributed by atoms with van der Waals surface area (Å²) in [4.78, 5) is 25.7. The van der Waals surface area contributed by atoms with Gasteiger partial charge in [-0.2, -0.15) is 13.2 Å². The topological polar surface area (TPSA) is 66.6 Å². The van der Waals surface area contributed by atoms with Crippen molar-refractivity contribution in [3.05, 3.63) is 0 Å². The summed E-state index contributed by atoms with van der Waals surface area (Å²) in [6.07, 6.45) is -1.50. The molecule has 0 aromatic heterocycles. The van der Waals surface area contributed by atoms with Crippen LogP contribution >= 0.6 is 0 Å². The molecule has 0 aromatic carbocycles. The number of halogens is 3. The minimum Gasteiger partial charge on any atom is -0.347 e. The van der Waals surface area contributed by atoms with E-state index in [9.17, 15) is 22.8 Å². The van der Waals surface area contributed by atoms with Crippen LogP contribution in [0.15, 0.2) is 0 Å². The van der Waals surface area contributed by atoms with Crippen molar-refractivity contribution in [1.82, 2.24) is 9.80 Å². The maximum Gasteiger partial charge on any atom is 0.406 e. The Labute approximate surface area is 122 Å². The Morgan fingerprint density at radius 3 is 2.10 bits per heavy atom. The lowest BCUT2D eigenvalue weighted by Gasteiger charge is -2.37. The van der Waals surface area contributed by atoms with Gasteiger partial charge in [0.1, 0.15) is 13.1 Å². The van der Waals surface area contributed by atoms with Gasteiger partial charge in [0.25, 0.3) is 0 Å². The molecule has 0 aromatic rings. The van der Waals surface area contributed by atoms with E-state index in [1.807, 2.05) is 0 Å². The second-order valence-electron chi connectivity index (χ2n) is 5.78. The van der Waals surface area contributed by atoms with Crippen LogP contribution in [0.4, 0.5) is 13.2 Å². The second kappa shape index (κ2) is 6.64. The zero-order chi connectivity index (χ0) is 16.3. The Balaban J connectivity index is 2.88. The van der Waals surface area contributed by atoms with Gasteiger partial charge in [0.2, 0.25) is 11.8 Å². The van der Waals surface area contributed by atoms with E-state index in [0.717, 1.165) is 11.3 Å². The zero-order valence-corrected chi connectivity index (χ0v) is 12.4. The zero-order valence-electron chi connectivity index (χ0n) is 12.4. The first kappa shape index (κ1) is 17.7. The van der Waals surface area contributed by atoms with Crippen LogP contribution in [0.2, 0.25) is 0 Å². The van der Waals surface area contributed by atoms with Crippen molar-refractivity contribution in [3.63, 3.8) is 0 Å². The van der Waals surface area contributed by atoms with Crippen molar-refractivity contribution >= 4 is 11.8 Å². The van der Waals surface area contributed by atoms with Crippen LogP contribution in [0.25, 0.3) is 0 Å². The lowest BCUT2D eigenvalue weighted by atomic mass is 9.81. The molecule has 0 saturated heterocycles. The molecular formula is C13H22F3N3O2. The Morgan fingerprint density at radius 1 is 1.14 bits per heavy atom. The van der Waals surface area contributed by atoms with E-state index in [1.165, 1.54) is 14.1 Å². The van der Waals surface area contributed by atoms with Gasteiger partial charge in [-0.25, -0.2) is 0 Å².